The highest BCUT2D eigenvalue weighted by molar-refractivity contribution is 5.66. The standard InChI is InChI=1S/C9H15F3N2O2/c1-14(6-9(10,11)12)13-8(15)16-7-4-2-3-5-7/h7H,2-6H2,1H3,(H,13,15). The first-order chi connectivity index (χ1) is 7.37. The molecule has 1 fully saturated rings. The van der Waals surface area contributed by atoms with Crippen molar-refractivity contribution in [3.8, 4) is 0 Å². The third-order valence-corrected chi connectivity index (χ3v) is 2.27. The van der Waals surface area contributed by atoms with Gasteiger partial charge in [0, 0.05) is 7.05 Å². The molecule has 7 heteroatoms. The van der Waals surface area contributed by atoms with E-state index in [0.29, 0.717) is 5.01 Å². The Balaban J connectivity index is 2.22. The van der Waals surface area contributed by atoms with Gasteiger partial charge in [-0.25, -0.2) is 9.80 Å². The van der Waals surface area contributed by atoms with Gasteiger partial charge in [0.25, 0.3) is 0 Å². The fourth-order valence-electron chi connectivity index (χ4n) is 1.65. The fraction of sp³-hybridized carbons (Fsp3) is 0.889. The molecule has 0 spiro atoms. The van der Waals surface area contributed by atoms with Gasteiger partial charge in [-0.2, -0.15) is 13.2 Å². The van der Waals surface area contributed by atoms with Gasteiger partial charge in [0.2, 0.25) is 0 Å². The molecule has 0 aromatic heterocycles. The summed E-state index contributed by atoms with van der Waals surface area (Å²) in [6.07, 6.45) is -1.74. The highest BCUT2D eigenvalue weighted by Crippen LogP contribution is 2.21. The molecule has 16 heavy (non-hydrogen) atoms. The predicted molar refractivity (Wildman–Crippen MR) is 50.6 cm³/mol. The third kappa shape index (κ3) is 5.20. The molecule has 1 rings (SSSR count). The molecule has 0 aromatic rings. The Hall–Kier alpha value is -0.980. The van der Waals surface area contributed by atoms with E-state index in [0.717, 1.165) is 32.7 Å². The van der Waals surface area contributed by atoms with Gasteiger partial charge in [0.05, 0.1) is 0 Å². The number of amides is 1. The molecule has 0 aliphatic heterocycles. The highest BCUT2D eigenvalue weighted by atomic mass is 19.4. The lowest BCUT2D eigenvalue weighted by Crippen LogP contribution is -2.45. The van der Waals surface area contributed by atoms with Crippen molar-refractivity contribution in [3.05, 3.63) is 0 Å². The molecule has 4 nitrogen and oxygen atoms in total. The number of halogens is 3. The molecule has 0 atom stereocenters. The van der Waals surface area contributed by atoms with Gasteiger partial charge in [0.1, 0.15) is 12.6 Å². The summed E-state index contributed by atoms with van der Waals surface area (Å²) < 4.78 is 40.7. The molecule has 1 aliphatic carbocycles. The molecule has 0 saturated heterocycles. The van der Waals surface area contributed by atoms with Gasteiger partial charge < -0.3 is 4.74 Å². The summed E-state index contributed by atoms with van der Waals surface area (Å²) in [7, 11) is 1.14. The second-order valence-corrected chi connectivity index (χ2v) is 3.89. The molecule has 1 N–H and O–H groups in total. The molecule has 94 valence electrons. The topological polar surface area (TPSA) is 41.6 Å². The van der Waals surface area contributed by atoms with Crippen LogP contribution in [-0.2, 0) is 4.74 Å². The summed E-state index contributed by atoms with van der Waals surface area (Å²) in [4.78, 5) is 11.2. The van der Waals surface area contributed by atoms with Crippen molar-refractivity contribution in [1.82, 2.24) is 10.4 Å². The van der Waals surface area contributed by atoms with E-state index in [1.54, 1.807) is 0 Å². The zero-order chi connectivity index (χ0) is 12.2. The summed E-state index contributed by atoms with van der Waals surface area (Å²) in [6.45, 7) is -1.20. The first-order valence-corrected chi connectivity index (χ1v) is 5.12. The molecule has 0 radical (unpaired) electrons. The van der Waals surface area contributed by atoms with E-state index >= 15 is 0 Å². The number of alkyl halides is 3. The average molecular weight is 240 g/mol. The Labute approximate surface area is 91.7 Å². The SMILES string of the molecule is CN(CC(F)(F)F)NC(=O)OC1CCCC1. The Morgan fingerprint density at radius 2 is 2.00 bits per heavy atom. The van der Waals surface area contributed by atoms with E-state index in [1.165, 1.54) is 0 Å². The van der Waals surface area contributed by atoms with Crippen LogP contribution < -0.4 is 5.43 Å². The number of hydrogen-bond acceptors (Lipinski definition) is 3. The van der Waals surface area contributed by atoms with Crippen molar-refractivity contribution in [3.63, 3.8) is 0 Å². The van der Waals surface area contributed by atoms with E-state index in [2.05, 4.69) is 0 Å². The van der Waals surface area contributed by atoms with Crippen LogP contribution in [0, 0.1) is 0 Å². The van der Waals surface area contributed by atoms with Gasteiger partial charge in [0.15, 0.2) is 0 Å². The quantitative estimate of drug-likeness (QED) is 0.768. The third-order valence-electron chi connectivity index (χ3n) is 2.27. The molecule has 0 unspecified atom stereocenters. The Bertz CT molecular complexity index is 239. The van der Waals surface area contributed by atoms with Crippen LogP contribution in [0.2, 0.25) is 0 Å². The maximum absolute atomic E-state index is 11.9. The maximum atomic E-state index is 11.9. The smallest absolute Gasteiger partial charge is 0.422 e. The predicted octanol–water partition coefficient (Wildman–Crippen LogP) is 2.06. The van der Waals surface area contributed by atoms with Crippen molar-refractivity contribution < 1.29 is 22.7 Å². The van der Waals surface area contributed by atoms with Crippen LogP contribution >= 0.6 is 0 Å². The monoisotopic (exact) mass is 240 g/mol. The molecular weight excluding hydrogens is 225 g/mol. The number of hydrogen-bond donors (Lipinski definition) is 1. The maximum Gasteiger partial charge on any atom is 0.422 e. The van der Waals surface area contributed by atoms with Crippen molar-refractivity contribution in [1.29, 1.82) is 0 Å². The van der Waals surface area contributed by atoms with Crippen molar-refractivity contribution in [2.24, 2.45) is 0 Å². The van der Waals surface area contributed by atoms with E-state index in [-0.39, 0.29) is 6.10 Å². The van der Waals surface area contributed by atoms with E-state index in [9.17, 15) is 18.0 Å². The molecule has 0 bridgehead atoms. The van der Waals surface area contributed by atoms with Crippen molar-refractivity contribution in [2.45, 2.75) is 38.0 Å². The first-order valence-electron chi connectivity index (χ1n) is 5.12. The van der Waals surface area contributed by atoms with Crippen LogP contribution in [0.4, 0.5) is 18.0 Å². The zero-order valence-electron chi connectivity index (χ0n) is 9.01. The minimum absolute atomic E-state index is 0.153. The second-order valence-electron chi connectivity index (χ2n) is 3.89. The minimum atomic E-state index is -4.34. The number of ether oxygens (including phenoxy) is 1. The normalized spacial score (nSPS) is 17.8. The number of carbonyl (C=O) groups excluding carboxylic acids is 1. The van der Waals surface area contributed by atoms with Crippen molar-refractivity contribution in [2.75, 3.05) is 13.6 Å². The summed E-state index contributed by atoms with van der Waals surface area (Å²) in [5.41, 5.74) is 2.02. The van der Waals surface area contributed by atoms with Gasteiger partial charge in [-0.3, -0.25) is 5.43 Å². The van der Waals surface area contributed by atoms with Crippen LogP contribution in [0.15, 0.2) is 0 Å². The summed E-state index contributed by atoms with van der Waals surface area (Å²) in [5.74, 6) is 0. The lowest BCUT2D eigenvalue weighted by Gasteiger charge is -2.20. The molecule has 0 aromatic carbocycles. The molecule has 1 amide bonds. The van der Waals surface area contributed by atoms with Gasteiger partial charge in [-0.15, -0.1) is 0 Å². The van der Waals surface area contributed by atoms with Gasteiger partial charge >= 0.3 is 12.3 Å². The first kappa shape index (κ1) is 13.1. The Morgan fingerprint density at radius 1 is 1.44 bits per heavy atom. The number of rotatable bonds is 3. The molecular formula is C9H15F3N2O2. The lowest BCUT2D eigenvalue weighted by molar-refractivity contribution is -0.147. The second kappa shape index (κ2) is 5.38. The van der Waals surface area contributed by atoms with Crippen LogP contribution in [0.1, 0.15) is 25.7 Å². The minimum Gasteiger partial charge on any atom is -0.445 e. The fourth-order valence-corrected chi connectivity index (χ4v) is 1.65. The van der Waals surface area contributed by atoms with Crippen LogP contribution in [0.3, 0.4) is 0 Å². The number of nitrogens with one attached hydrogen (secondary N) is 1. The summed E-state index contributed by atoms with van der Waals surface area (Å²) >= 11 is 0. The van der Waals surface area contributed by atoms with E-state index < -0.39 is 18.8 Å². The Morgan fingerprint density at radius 3 is 2.50 bits per heavy atom. The number of hydrazine groups is 1. The average Bonchev–Trinajstić information content (AvgIpc) is 2.51. The summed E-state index contributed by atoms with van der Waals surface area (Å²) in [6, 6.07) is 0. The van der Waals surface area contributed by atoms with E-state index in [1.807, 2.05) is 5.43 Å². The number of carbonyl (C=O) groups is 1. The largest absolute Gasteiger partial charge is 0.445 e. The number of nitrogens with zero attached hydrogens (tertiary/aromatic N) is 1. The highest BCUT2D eigenvalue weighted by Gasteiger charge is 2.30. The zero-order valence-corrected chi connectivity index (χ0v) is 9.01. The van der Waals surface area contributed by atoms with E-state index in [4.69, 9.17) is 4.74 Å². The molecule has 0 heterocycles. The summed E-state index contributed by atoms with van der Waals surface area (Å²) in [5, 5.41) is 0.664. The van der Waals surface area contributed by atoms with Crippen LogP contribution in [-0.4, -0.2) is 37.0 Å². The van der Waals surface area contributed by atoms with Gasteiger partial charge in [-0.1, -0.05) is 0 Å². The molecule has 1 saturated carbocycles. The van der Waals surface area contributed by atoms with Crippen LogP contribution in [0.5, 0.6) is 0 Å². The van der Waals surface area contributed by atoms with Gasteiger partial charge in [-0.05, 0) is 25.7 Å². The molecule has 1 aliphatic rings. The lowest BCUT2D eigenvalue weighted by atomic mass is 10.3. The van der Waals surface area contributed by atoms with Crippen molar-refractivity contribution >= 4 is 6.09 Å². The Kier molecular flexibility index (Phi) is 4.40. The van der Waals surface area contributed by atoms with Crippen LogP contribution in [0.25, 0.3) is 0 Å².